The summed E-state index contributed by atoms with van der Waals surface area (Å²) in [5.74, 6) is 2.40. The quantitative estimate of drug-likeness (QED) is 0.744. The molecule has 1 aromatic heterocycles. The first kappa shape index (κ1) is 16.0. The highest BCUT2D eigenvalue weighted by atomic mass is 16.4. The van der Waals surface area contributed by atoms with Crippen molar-refractivity contribution in [2.24, 2.45) is 0 Å². The first-order valence-corrected chi connectivity index (χ1v) is 9.21. The Kier molecular flexibility index (Phi) is 4.54. The molecule has 1 amide bonds. The second-order valence-electron chi connectivity index (χ2n) is 7.45. The molecule has 7 heteroatoms. The van der Waals surface area contributed by atoms with Crippen molar-refractivity contribution in [2.45, 2.75) is 50.6 Å². The van der Waals surface area contributed by atoms with Crippen LogP contribution in [0.15, 0.2) is 4.42 Å². The van der Waals surface area contributed by atoms with Gasteiger partial charge in [-0.15, -0.1) is 10.2 Å². The van der Waals surface area contributed by atoms with Crippen molar-refractivity contribution >= 4 is 5.91 Å². The lowest BCUT2D eigenvalue weighted by Gasteiger charge is -2.24. The zero-order valence-electron chi connectivity index (χ0n) is 14.5. The minimum atomic E-state index is 0.325. The van der Waals surface area contributed by atoms with E-state index in [4.69, 9.17) is 4.42 Å². The maximum atomic E-state index is 11.7. The number of amides is 1. The summed E-state index contributed by atoms with van der Waals surface area (Å²) in [7, 11) is 2.14. The molecule has 132 valence electrons. The standard InChI is InChI=1S/C17H27N5O2/c1-20(12-15-18-19-17(24-15)13-4-5-13)14-6-8-21(11-14)9-10-22-7-2-3-16(22)23/h13-14H,2-12H2,1H3. The van der Waals surface area contributed by atoms with Crippen molar-refractivity contribution in [1.29, 1.82) is 0 Å². The topological polar surface area (TPSA) is 65.7 Å². The summed E-state index contributed by atoms with van der Waals surface area (Å²) in [5, 5.41) is 8.35. The molecule has 7 nitrogen and oxygen atoms in total. The van der Waals surface area contributed by atoms with Gasteiger partial charge in [0.25, 0.3) is 0 Å². The lowest BCUT2D eigenvalue weighted by molar-refractivity contribution is -0.127. The lowest BCUT2D eigenvalue weighted by Crippen LogP contribution is -2.37. The fraction of sp³-hybridized carbons (Fsp3) is 0.824. The van der Waals surface area contributed by atoms with Crippen LogP contribution in [-0.4, -0.2) is 76.6 Å². The monoisotopic (exact) mass is 333 g/mol. The van der Waals surface area contributed by atoms with Crippen LogP contribution in [0.25, 0.3) is 0 Å². The van der Waals surface area contributed by atoms with Gasteiger partial charge in [-0.05, 0) is 39.3 Å². The van der Waals surface area contributed by atoms with Gasteiger partial charge in [-0.25, -0.2) is 0 Å². The van der Waals surface area contributed by atoms with Crippen LogP contribution in [0, 0.1) is 0 Å². The van der Waals surface area contributed by atoms with Crippen LogP contribution in [0.2, 0.25) is 0 Å². The van der Waals surface area contributed by atoms with Gasteiger partial charge in [-0.3, -0.25) is 14.6 Å². The molecule has 1 atom stereocenters. The van der Waals surface area contributed by atoms with Crippen LogP contribution >= 0.6 is 0 Å². The Morgan fingerprint density at radius 1 is 1.21 bits per heavy atom. The van der Waals surface area contributed by atoms with Crippen molar-refractivity contribution < 1.29 is 9.21 Å². The van der Waals surface area contributed by atoms with E-state index in [9.17, 15) is 4.79 Å². The molecule has 0 N–H and O–H groups in total. The summed E-state index contributed by atoms with van der Waals surface area (Å²) in [6.45, 7) is 5.70. The van der Waals surface area contributed by atoms with Gasteiger partial charge in [0.15, 0.2) is 0 Å². The number of carbonyl (C=O) groups excluding carboxylic acids is 1. The maximum absolute atomic E-state index is 11.7. The minimum absolute atomic E-state index is 0.325. The molecule has 2 aliphatic heterocycles. The van der Waals surface area contributed by atoms with Crippen LogP contribution in [0.1, 0.15) is 49.8 Å². The van der Waals surface area contributed by atoms with Gasteiger partial charge in [0.2, 0.25) is 17.7 Å². The van der Waals surface area contributed by atoms with E-state index in [1.165, 1.54) is 12.8 Å². The van der Waals surface area contributed by atoms with Crippen molar-refractivity contribution in [3.8, 4) is 0 Å². The molecule has 3 heterocycles. The predicted octanol–water partition coefficient (Wildman–Crippen LogP) is 1.08. The lowest BCUT2D eigenvalue weighted by atomic mass is 10.2. The van der Waals surface area contributed by atoms with Crippen molar-refractivity contribution in [3.63, 3.8) is 0 Å². The highest BCUT2D eigenvalue weighted by Gasteiger charge is 2.31. The number of hydrogen-bond acceptors (Lipinski definition) is 6. The van der Waals surface area contributed by atoms with Gasteiger partial charge >= 0.3 is 0 Å². The third-order valence-electron chi connectivity index (χ3n) is 5.52. The smallest absolute Gasteiger partial charge is 0.230 e. The fourth-order valence-electron chi connectivity index (χ4n) is 3.75. The predicted molar refractivity (Wildman–Crippen MR) is 88.4 cm³/mol. The Morgan fingerprint density at radius 2 is 2.08 bits per heavy atom. The molecular weight excluding hydrogens is 306 g/mol. The van der Waals surface area contributed by atoms with Gasteiger partial charge < -0.3 is 9.32 Å². The zero-order chi connectivity index (χ0) is 16.5. The number of likely N-dealkylation sites (tertiary alicyclic amines) is 2. The number of hydrogen-bond donors (Lipinski definition) is 0. The average molecular weight is 333 g/mol. The molecule has 1 unspecified atom stereocenters. The number of nitrogens with zero attached hydrogens (tertiary/aromatic N) is 5. The molecule has 3 fully saturated rings. The molecule has 1 aromatic rings. The van der Waals surface area contributed by atoms with Crippen LogP contribution in [-0.2, 0) is 11.3 Å². The Balaban J connectivity index is 1.22. The average Bonchev–Trinajstić information content (AvgIpc) is 2.98. The normalized spacial score (nSPS) is 25.3. The Bertz CT molecular complexity index is 585. The molecule has 3 aliphatic rings. The summed E-state index contributed by atoms with van der Waals surface area (Å²) < 4.78 is 5.77. The molecule has 4 rings (SSSR count). The van der Waals surface area contributed by atoms with E-state index in [1.807, 2.05) is 4.90 Å². The van der Waals surface area contributed by atoms with Crippen molar-refractivity contribution in [3.05, 3.63) is 11.8 Å². The van der Waals surface area contributed by atoms with E-state index in [-0.39, 0.29) is 0 Å². The number of rotatable bonds is 7. The van der Waals surface area contributed by atoms with Gasteiger partial charge in [-0.1, -0.05) is 0 Å². The van der Waals surface area contributed by atoms with Crippen LogP contribution in [0.3, 0.4) is 0 Å². The Hall–Kier alpha value is -1.47. The first-order chi connectivity index (χ1) is 11.7. The Morgan fingerprint density at radius 3 is 2.83 bits per heavy atom. The van der Waals surface area contributed by atoms with Gasteiger partial charge in [-0.2, -0.15) is 0 Å². The minimum Gasteiger partial charge on any atom is -0.424 e. The molecule has 2 saturated heterocycles. The maximum Gasteiger partial charge on any atom is 0.230 e. The summed E-state index contributed by atoms with van der Waals surface area (Å²) >= 11 is 0. The molecule has 1 saturated carbocycles. The van der Waals surface area contributed by atoms with Crippen molar-refractivity contribution in [2.75, 3.05) is 39.8 Å². The summed E-state index contributed by atoms with van der Waals surface area (Å²) in [6, 6.07) is 0.524. The molecule has 1 aliphatic carbocycles. The molecular formula is C17H27N5O2. The SMILES string of the molecule is CN(Cc1nnc(C2CC2)o1)C1CCN(CCN2CCCC2=O)C1. The third kappa shape index (κ3) is 3.62. The second-order valence-corrected chi connectivity index (χ2v) is 7.45. The number of likely N-dealkylation sites (N-methyl/N-ethyl adjacent to an activating group) is 1. The van der Waals surface area contributed by atoms with E-state index in [0.29, 0.717) is 17.9 Å². The van der Waals surface area contributed by atoms with E-state index in [1.54, 1.807) is 0 Å². The van der Waals surface area contributed by atoms with E-state index in [0.717, 1.165) is 70.3 Å². The van der Waals surface area contributed by atoms with E-state index < -0.39 is 0 Å². The molecule has 0 spiro atoms. The third-order valence-corrected chi connectivity index (χ3v) is 5.52. The van der Waals surface area contributed by atoms with Gasteiger partial charge in [0, 0.05) is 44.6 Å². The fourth-order valence-corrected chi connectivity index (χ4v) is 3.75. The first-order valence-electron chi connectivity index (χ1n) is 9.21. The highest BCUT2D eigenvalue weighted by molar-refractivity contribution is 5.78. The summed E-state index contributed by atoms with van der Waals surface area (Å²) in [6.07, 6.45) is 5.30. The van der Waals surface area contributed by atoms with Crippen LogP contribution < -0.4 is 0 Å². The highest BCUT2D eigenvalue weighted by Crippen LogP contribution is 2.39. The molecule has 0 bridgehead atoms. The molecule has 0 aromatic carbocycles. The Labute approximate surface area is 143 Å². The van der Waals surface area contributed by atoms with Gasteiger partial charge in [0.05, 0.1) is 6.54 Å². The second kappa shape index (κ2) is 6.80. The van der Waals surface area contributed by atoms with E-state index in [2.05, 4.69) is 27.0 Å². The summed E-state index contributed by atoms with van der Waals surface area (Å²) in [5.41, 5.74) is 0. The largest absolute Gasteiger partial charge is 0.424 e. The molecule has 24 heavy (non-hydrogen) atoms. The zero-order valence-corrected chi connectivity index (χ0v) is 14.5. The van der Waals surface area contributed by atoms with Gasteiger partial charge in [0.1, 0.15) is 0 Å². The molecule has 0 radical (unpaired) electrons. The van der Waals surface area contributed by atoms with Crippen LogP contribution in [0.4, 0.5) is 0 Å². The summed E-state index contributed by atoms with van der Waals surface area (Å²) in [4.78, 5) is 18.5. The number of aromatic nitrogens is 2. The number of carbonyl (C=O) groups is 1. The van der Waals surface area contributed by atoms with Crippen molar-refractivity contribution in [1.82, 2.24) is 24.9 Å². The van der Waals surface area contributed by atoms with E-state index >= 15 is 0 Å². The van der Waals surface area contributed by atoms with Crippen LogP contribution in [0.5, 0.6) is 0 Å².